The van der Waals surface area contributed by atoms with E-state index in [1.54, 1.807) is 6.92 Å². The molecule has 0 aliphatic rings. The average Bonchev–Trinajstić information content (AvgIpc) is 2.45. The van der Waals surface area contributed by atoms with E-state index in [2.05, 4.69) is 10.1 Å². The molecule has 0 spiro atoms. The quantitative estimate of drug-likeness (QED) is 0.614. The van der Waals surface area contributed by atoms with Gasteiger partial charge in [0.2, 0.25) is 0 Å². The number of rotatable bonds is 7. The van der Waals surface area contributed by atoms with Crippen LogP contribution in [0.25, 0.3) is 0 Å². The van der Waals surface area contributed by atoms with Gasteiger partial charge in [-0.1, -0.05) is 23.8 Å². The molecule has 1 atom stereocenters. The minimum absolute atomic E-state index is 0.193. The summed E-state index contributed by atoms with van der Waals surface area (Å²) in [5.74, 6) is 0.570. The lowest BCUT2D eigenvalue weighted by molar-refractivity contribution is -0.136. The van der Waals surface area contributed by atoms with Crippen LogP contribution in [0, 0.1) is 6.92 Å². The standard InChI is InChI=1S/C16H23NO3/c1-12-5-7-15(8-6-12)20-11-14(3)17-10-9-13(2)16(18)19-4/h5-9,14,17H,10-11H2,1-4H3/b13-9+. The Bertz CT molecular complexity index is 451. The second-order valence-corrected chi connectivity index (χ2v) is 4.81. The van der Waals surface area contributed by atoms with Crippen molar-refractivity contribution in [3.63, 3.8) is 0 Å². The Morgan fingerprint density at radius 2 is 2.00 bits per heavy atom. The molecule has 0 aliphatic heterocycles. The molecule has 4 heteroatoms. The van der Waals surface area contributed by atoms with Crippen LogP contribution < -0.4 is 10.1 Å². The van der Waals surface area contributed by atoms with Gasteiger partial charge in [0.05, 0.1) is 7.11 Å². The van der Waals surface area contributed by atoms with E-state index >= 15 is 0 Å². The number of methoxy groups -OCH3 is 1. The molecule has 20 heavy (non-hydrogen) atoms. The molecule has 1 unspecified atom stereocenters. The number of hydrogen-bond acceptors (Lipinski definition) is 4. The number of nitrogens with one attached hydrogen (secondary N) is 1. The lowest BCUT2D eigenvalue weighted by atomic mass is 10.2. The predicted octanol–water partition coefficient (Wildman–Crippen LogP) is 2.47. The van der Waals surface area contributed by atoms with E-state index in [9.17, 15) is 4.79 Å². The molecule has 4 nitrogen and oxygen atoms in total. The Labute approximate surface area is 120 Å². The van der Waals surface area contributed by atoms with Crippen molar-refractivity contribution in [2.24, 2.45) is 0 Å². The lowest BCUT2D eigenvalue weighted by Crippen LogP contribution is -2.32. The topological polar surface area (TPSA) is 47.6 Å². The van der Waals surface area contributed by atoms with E-state index in [4.69, 9.17) is 4.74 Å². The van der Waals surface area contributed by atoms with Crippen LogP contribution in [0.4, 0.5) is 0 Å². The van der Waals surface area contributed by atoms with Crippen LogP contribution in [0.5, 0.6) is 5.75 Å². The highest BCUT2D eigenvalue weighted by Crippen LogP contribution is 2.11. The van der Waals surface area contributed by atoms with Gasteiger partial charge in [0, 0.05) is 18.2 Å². The van der Waals surface area contributed by atoms with Gasteiger partial charge >= 0.3 is 5.97 Å². The second kappa shape index (κ2) is 8.38. The third-order valence-electron chi connectivity index (χ3n) is 2.90. The molecule has 0 aliphatic carbocycles. The maximum atomic E-state index is 11.2. The Kier molecular flexibility index (Phi) is 6.81. The van der Waals surface area contributed by atoms with E-state index in [1.165, 1.54) is 12.7 Å². The zero-order chi connectivity index (χ0) is 15.0. The summed E-state index contributed by atoms with van der Waals surface area (Å²) in [5, 5.41) is 3.26. The van der Waals surface area contributed by atoms with Crippen LogP contribution in [0.2, 0.25) is 0 Å². The van der Waals surface area contributed by atoms with Gasteiger partial charge in [0.25, 0.3) is 0 Å². The molecular weight excluding hydrogens is 254 g/mol. The fraction of sp³-hybridized carbons (Fsp3) is 0.438. The fourth-order valence-corrected chi connectivity index (χ4v) is 1.57. The SMILES string of the molecule is COC(=O)/C(C)=C/CNC(C)COc1ccc(C)cc1. The summed E-state index contributed by atoms with van der Waals surface area (Å²) in [6, 6.07) is 8.16. The lowest BCUT2D eigenvalue weighted by Gasteiger charge is -2.14. The van der Waals surface area contributed by atoms with Crippen molar-refractivity contribution in [2.45, 2.75) is 26.8 Å². The molecule has 0 aromatic heterocycles. The van der Waals surface area contributed by atoms with E-state index in [1.807, 2.05) is 44.2 Å². The maximum absolute atomic E-state index is 11.2. The molecule has 0 fully saturated rings. The van der Waals surface area contributed by atoms with Crippen molar-refractivity contribution < 1.29 is 14.3 Å². The van der Waals surface area contributed by atoms with Crippen LogP contribution in [-0.2, 0) is 9.53 Å². The van der Waals surface area contributed by atoms with E-state index in [0.717, 1.165) is 5.75 Å². The summed E-state index contributed by atoms with van der Waals surface area (Å²) >= 11 is 0. The van der Waals surface area contributed by atoms with Gasteiger partial charge in [-0.2, -0.15) is 0 Å². The van der Waals surface area contributed by atoms with Crippen LogP contribution in [0.15, 0.2) is 35.9 Å². The Balaban J connectivity index is 2.28. The zero-order valence-corrected chi connectivity index (χ0v) is 12.6. The fourth-order valence-electron chi connectivity index (χ4n) is 1.57. The number of aryl methyl sites for hydroxylation is 1. The smallest absolute Gasteiger partial charge is 0.333 e. The average molecular weight is 277 g/mol. The van der Waals surface area contributed by atoms with Gasteiger partial charge in [-0.3, -0.25) is 0 Å². The number of carbonyl (C=O) groups excluding carboxylic acids is 1. The van der Waals surface area contributed by atoms with Gasteiger partial charge in [-0.25, -0.2) is 4.79 Å². The number of hydrogen-bond donors (Lipinski definition) is 1. The van der Waals surface area contributed by atoms with Gasteiger partial charge in [0.1, 0.15) is 12.4 Å². The first-order chi connectivity index (χ1) is 9.52. The minimum Gasteiger partial charge on any atom is -0.492 e. The first-order valence-electron chi connectivity index (χ1n) is 6.71. The highest BCUT2D eigenvalue weighted by Gasteiger charge is 2.04. The minimum atomic E-state index is -0.296. The summed E-state index contributed by atoms with van der Waals surface area (Å²) in [6.45, 7) is 7.01. The molecule has 0 amide bonds. The normalized spacial score (nSPS) is 12.9. The monoisotopic (exact) mass is 277 g/mol. The summed E-state index contributed by atoms with van der Waals surface area (Å²) in [7, 11) is 1.38. The molecule has 0 saturated heterocycles. The zero-order valence-electron chi connectivity index (χ0n) is 12.6. The molecule has 0 saturated carbocycles. The molecule has 1 rings (SSSR count). The molecular formula is C16H23NO3. The summed E-state index contributed by atoms with van der Waals surface area (Å²) in [5.41, 5.74) is 1.82. The molecule has 1 aromatic rings. The van der Waals surface area contributed by atoms with Crippen molar-refractivity contribution in [1.29, 1.82) is 0 Å². The molecule has 1 N–H and O–H groups in total. The predicted molar refractivity (Wildman–Crippen MR) is 79.9 cm³/mol. The first kappa shape index (κ1) is 16.2. The number of benzene rings is 1. The summed E-state index contributed by atoms with van der Waals surface area (Å²) in [6.07, 6.45) is 1.81. The van der Waals surface area contributed by atoms with Crippen LogP contribution in [-0.4, -0.2) is 32.3 Å². The summed E-state index contributed by atoms with van der Waals surface area (Å²) in [4.78, 5) is 11.2. The van der Waals surface area contributed by atoms with Crippen molar-refractivity contribution in [3.8, 4) is 5.75 Å². The molecule has 0 bridgehead atoms. The van der Waals surface area contributed by atoms with Crippen molar-refractivity contribution in [2.75, 3.05) is 20.3 Å². The number of esters is 1. The summed E-state index contributed by atoms with van der Waals surface area (Å²) < 4.78 is 10.3. The maximum Gasteiger partial charge on any atom is 0.333 e. The van der Waals surface area contributed by atoms with Crippen LogP contribution in [0.3, 0.4) is 0 Å². The Hall–Kier alpha value is -1.81. The molecule has 1 aromatic carbocycles. The van der Waals surface area contributed by atoms with Crippen molar-refractivity contribution in [3.05, 3.63) is 41.5 Å². The van der Waals surface area contributed by atoms with Crippen molar-refractivity contribution in [1.82, 2.24) is 5.32 Å². The number of ether oxygens (including phenoxy) is 2. The third-order valence-corrected chi connectivity index (χ3v) is 2.90. The highest BCUT2D eigenvalue weighted by molar-refractivity contribution is 5.87. The van der Waals surface area contributed by atoms with Gasteiger partial charge < -0.3 is 14.8 Å². The van der Waals surface area contributed by atoms with Crippen LogP contribution in [0.1, 0.15) is 19.4 Å². The highest BCUT2D eigenvalue weighted by atomic mass is 16.5. The Morgan fingerprint density at radius 3 is 2.60 bits per heavy atom. The Morgan fingerprint density at radius 1 is 1.35 bits per heavy atom. The van der Waals surface area contributed by atoms with Crippen molar-refractivity contribution >= 4 is 5.97 Å². The van der Waals surface area contributed by atoms with E-state index < -0.39 is 0 Å². The van der Waals surface area contributed by atoms with Gasteiger partial charge in [-0.15, -0.1) is 0 Å². The van der Waals surface area contributed by atoms with Gasteiger partial charge in [0.15, 0.2) is 0 Å². The molecule has 0 radical (unpaired) electrons. The first-order valence-corrected chi connectivity index (χ1v) is 6.71. The molecule has 110 valence electrons. The second-order valence-electron chi connectivity index (χ2n) is 4.81. The van der Waals surface area contributed by atoms with Gasteiger partial charge in [-0.05, 0) is 32.9 Å². The number of carbonyl (C=O) groups is 1. The van der Waals surface area contributed by atoms with E-state index in [0.29, 0.717) is 18.7 Å². The molecule has 0 heterocycles. The third kappa shape index (κ3) is 5.89. The largest absolute Gasteiger partial charge is 0.492 e. The van der Waals surface area contributed by atoms with E-state index in [-0.39, 0.29) is 12.0 Å². The van der Waals surface area contributed by atoms with Crippen LogP contribution >= 0.6 is 0 Å².